The fourth-order valence-electron chi connectivity index (χ4n) is 1.11. The van der Waals surface area contributed by atoms with E-state index in [4.69, 9.17) is 10.00 Å². The van der Waals surface area contributed by atoms with Crippen molar-refractivity contribution in [1.29, 1.82) is 5.26 Å². The van der Waals surface area contributed by atoms with Crippen LogP contribution in [0.5, 0.6) is 5.75 Å². The zero-order valence-electron chi connectivity index (χ0n) is 8.80. The Morgan fingerprint density at radius 2 is 2.25 bits per heavy atom. The van der Waals surface area contributed by atoms with Gasteiger partial charge in [-0.2, -0.15) is 5.26 Å². The van der Waals surface area contributed by atoms with Crippen LogP contribution in [0.4, 0.5) is 0 Å². The highest BCUT2D eigenvalue weighted by Gasteiger charge is 2.10. The molecule has 0 radical (unpaired) electrons. The summed E-state index contributed by atoms with van der Waals surface area (Å²) in [5.74, 6) is -0.673. The standard InChI is InChI=1S/C12H11NO3/c1-2-16-12(15)10(8-13)7-9-5-3-4-6-11(9)14/h3-7,14H,2H2,1H3/b10-7-. The second-order valence-electron chi connectivity index (χ2n) is 2.95. The van der Waals surface area contributed by atoms with Crippen LogP contribution in [-0.4, -0.2) is 17.7 Å². The molecule has 0 aliphatic heterocycles. The first-order valence-corrected chi connectivity index (χ1v) is 4.76. The lowest BCUT2D eigenvalue weighted by molar-refractivity contribution is -0.137. The van der Waals surface area contributed by atoms with Crippen LogP contribution in [0.15, 0.2) is 29.8 Å². The van der Waals surface area contributed by atoms with Gasteiger partial charge in [-0.3, -0.25) is 0 Å². The molecular formula is C12H11NO3. The molecule has 82 valence electrons. The quantitative estimate of drug-likeness (QED) is 0.476. The van der Waals surface area contributed by atoms with E-state index in [1.165, 1.54) is 12.1 Å². The van der Waals surface area contributed by atoms with Crippen LogP contribution < -0.4 is 0 Å². The van der Waals surface area contributed by atoms with E-state index in [0.717, 1.165) is 0 Å². The Kier molecular flexibility index (Phi) is 4.10. The average molecular weight is 217 g/mol. The lowest BCUT2D eigenvalue weighted by Gasteiger charge is -2.01. The van der Waals surface area contributed by atoms with Crippen molar-refractivity contribution in [3.05, 3.63) is 35.4 Å². The van der Waals surface area contributed by atoms with Crippen LogP contribution in [0.1, 0.15) is 12.5 Å². The van der Waals surface area contributed by atoms with Crippen molar-refractivity contribution in [3.8, 4) is 11.8 Å². The largest absolute Gasteiger partial charge is 0.507 e. The summed E-state index contributed by atoms with van der Waals surface area (Å²) in [4.78, 5) is 11.3. The van der Waals surface area contributed by atoms with Crippen LogP contribution in [0.3, 0.4) is 0 Å². The Bertz CT molecular complexity index is 458. The summed E-state index contributed by atoms with van der Waals surface area (Å²) in [5.41, 5.74) is 0.274. The maximum atomic E-state index is 11.3. The molecule has 1 rings (SSSR count). The number of rotatable bonds is 3. The van der Waals surface area contributed by atoms with Crippen LogP contribution in [0, 0.1) is 11.3 Å². The van der Waals surface area contributed by atoms with Gasteiger partial charge < -0.3 is 9.84 Å². The Balaban J connectivity index is 3.02. The number of benzene rings is 1. The maximum absolute atomic E-state index is 11.3. The summed E-state index contributed by atoms with van der Waals surface area (Å²) < 4.78 is 4.70. The number of carbonyl (C=O) groups excluding carboxylic acids is 1. The summed E-state index contributed by atoms with van der Waals surface area (Å²) in [7, 11) is 0. The molecule has 0 spiro atoms. The summed E-state index contributed by atoms with van der Waals surface area (Å²) in [6.07, 6.45) is 1.30. The molecule has 0 aromatic heterocycles. The van der Waals surface area contributed by atoms with Gasteiger partial charge in [-0.15, -0.1) is 0 Å². The lowest BCUT2D eigenvalue weighted by Crippen LogP contribution is -2.05. The summed E-state index contributed by atoms with van der Waals surface area (Å²) in [5, 5.41) is 18.2. The van der Waals surface area contributed by atoms with Gasteiger partial charge in [0, 0.05) is 5.56 Å². The number of phenolic OH excluding ortho intramolecular Hbond substituents is 1. The van der Waals surface area contributed by atoms with Crippen molar-refractivity contribution in [2.24, 2.45) is 0 Å². The monoisotopic (exact) mass is 217 g/mol. The van der Waals surface area contributed by atoms with Crippen molar-refractivity contribution >= 4 is 12.0 Å². The molecule has 4 heteroatoms. The Morgan fingerprint density at radius 3 is 2.81 bits per heavy atom. The first-order valence-electron chi connectivity index (χ1n) is 4.76. The zero-order valence-corrected chi connectivity index (χ0v) is 8.80. The SMILES string of the molecule is CCOC(=O)/C(C#N)=C\c1ccccc1O. The van der Waals surface area contributed by atoms with Crippen molar-refractivity contribution in [2.45, 2.75) is 6.92 Å². The highest BCUT2D eigenvalue weighted by Crippen LogP contribution is 2.19. The molecular weight excluding hydrogens is 206 g/mol. The van der Waals surface area contributed by atoms with E-state index >= 15 is 0 Å². The Labute approximate surface area is 93.4 Å². The van der Waals surface area contributed by atoms with Gasteiger partial charge in [0.05, 0.1) is 6.61 Å². The van der Waals surface area contributed by atoms with Gasteiger partial charge in [0.1, 0.15) is 17.4 Å². The van der Waals surface area contributed by atoms with Crippen molar-refractivity contribution in [1.82, 2.24) is 0 Å². The molecule has 0 saturated carbocycles. The van der Waals surface area contributed by atoms with Gasteiger partial charge >= 0.3 is 5.97 Å². The number of hydrogen-bond donors (Lipinski definition) is 1. The molecule has 4 nitrogen and oxygen atoms in total. The van der Waals surface area contributed by atoms with Crippen molar-refractivity contribution < 1.29 is 14.6 Å². The normalized spacial score (nSPS) is 10.6. The third kappa shape index (κ3) is 2.85. The van der Waals surface area contributed by atoms with Crippen LogP contribution in [-0.2, 0) is 9.53 Å². The number of hydrogen-bond acceptors (Lipinski definition) is 4. The molecule has 0 saturated heterocycles. The number of esters is 1. The van der Waals surface area contributed by atoms with E-state index in [1.54, 1.807) is 31.2 Å². The van der Waals surface area contributed by atoms with Gasteiger partial charge in [-0.25, -0.2) is 4.79 Å². The van der Waals surface area contributed by atoms with Crippen LogP contribution in [0.2, 0.25) is 0 Å². The molecule has 0 amide bonds. The molecule has 0 bridgehead atoms. The molecule has 0 unspecified atom stereocenters. The molecule has 1 N–H and O–H groups in total. The summed E-state index contributed by atoms with van der Waals surface area (Å²) in [6.45, 7) is 1.87. The molecule has 16 heavy (non-hydrogen) atoms. The van der Waals surface area contributed by atoms with Gasteiger partial charge in [-0.1, -0.05) is 18.2 Å². The molecule has 1 aromatic carbocycles. The van der Waals surface area contributed by atoms with Crippen LogP contribution in [0.25, 0.3) is 6.08 Å². The Morgan fingerprint density at radius 1 is 1.56 bits per heavy atom. The first kappa shape index (κ1) is 11.8. The summed E-state index contributed by atoms with van der Waals surface area (Å²) in [6, 6.07) is 8.17. The number of phenols is 1. The van der Waals surface area contributed by atoms with Gasteiger partial charge in [0.2, 0.25) is 0 Å². The van der Waals surface area contributed by atoms with E-state index < -0.39 is 5.97 Å². The number of aromatic hydroxyl groups is 1. The lowest BCUT2D eigenvalue weighted by atomic mass is 10.1. The molecule has 0 fully saturated rings. The van der Waals surface area contributed by atoms with Crippen molar-refractivity contribution in [2.75, 3.05) is 6.61 Å². The number of ether oxygens (including phenoxy) is 1. The third-order valence-corrected chi connectivity index (χ3v) is 1.85. The number of nitriles is 1. The topological polar surface area (TPSA) is 70.3 Å². The van der Waals surface area contributed by atoms with Gasteiger partial charge in [0.15, 0.2) is 0 Å². The highest BCUT2D eigenvalue weighted by atomic mass is 16.5. The van der Waals surface area contributed by atoms with Crippen LogP contribution >= 0.6 is 0 Å². The molecule has 0 heterocycles. The molecule has 0 atom stereocenters. The summed E-state index contributed by atoms with van der Waals surface area (Å²) >= 11 is 0. The number of carbonyl (C=O) groups is 1. The predicted octanol–water partition coefficient (Wildman–Crippen LogP) is 1.86. The smallest absolute Gasteiger partial charge is 0.348 e. The van der Waals surface area contributed by atoms with E-state index in [1.807, 2.05) is 0 Å². The molecule has 0 aliphatic rings. The second-order valence-corrected chi connectivity index (χ2v) is 2.95. The minimum atomic E-state index is -0.687. The van der Waals surface area contributed by atoms with E-state index in [0.29, 0.717) is 5.56 Å². The van der Waals surface area contributed by atoms with Gasteiger partial charge in [0.25, 0.3) is 0 Å². The van der Waals surface area contributed by atoms with Gasteiger partial charge in [-0.05, 0) is 19.1 Å². The maximum Gasteiger partial charge on any atom is 0.348 e. The minimum absolute atomic E-state index is 0.0135. The zero-order chi connectivity index (χ0) is 12.0. The average Bonchev–Trinajstić information content (AvgIpc) is 2.28. The van der Waals surface area contributed by atoms with Crippen molar-refractivity contribution in [3.63, 3.8) is 0 Å². The minimum Gasteiger partial charge on any atom is -0.507 e. The molecule has 1 aromatic rings. The van der Waals surface area contributed by atoms with E-state index in [-0.39, 0.29) is 17.9 Å². The predicted molar refractivity (Wildman–Crippen MR) is 58.3 cm³/mol. The fraction of sp³-hybridized carbons (Fsp3) is 0.167. The van der Waals surface area contributed by atoms with E-state index in [2.05, 4.69) is 0 Å². The van der Waals surface area contributed by atoms with E-state index in [9.17, 15) is 9.90 Å². The first-order chi connectivity index (χ1) is 7.69. The Hall–Kier alpha value is -2.28. The number of nitrogens with zero attached hydrogens (tertiary/aromatic N) is 1. The number of para-hydroxylation sites is 1. The fourth-order valence-corrected chi connectivity index (χ4v) is 1.11. The highest BCUT2D eigenvalue weighted by molar-refractivity contribution is 5.98. The third-order valence-electron chi connectivity index (χ3n) is 1.85. The molecule has 0 aliphatic carbocycles. The second kappa shape index (κ2) is 5.56.